The van der Waals surface area contributed by atoms with Gasteiger partial charge in [-0.15, -0.1) is 0 Å². The first-order chi connectivity index (χ1) is 10.6. The van der Waals surface area contributed by atoms with E-state index in [1.807, 2.05) is 0 Å². The molecule has 0 bridgehead atoms. The van der Waals surface area contributed by atoms with E-state index in [0.717, 1.165) is 6.54 Å². The van der Waals surface area contributed by atoms with Crippen LogP contribution in [0.2, 0.25) is 0 Å². The normalized spacial score (nSPS) is 15.4. The zero-order chi connectivity index (χ0) is 15.7. The van der Waals surface area contributed by atoms with E-state index >= 15 is 0 Å². The number of benzene rings is 1. The summed E-state index contributed by atoms with van der Waals surface area (Å²) in [4.78, 5) is 2.51. The van der Waals surface area contributed by atoms with Crippen LogP contribution >= 0.6 is 0 Å². The zero-order valence-corrected chi connectivity index (χ0v) is 14.0. The van der Waals surface area contributed by atoms with Gasteiger partial charge in [0.05, 0.1) is 0 Å². The summed E-state index contributed by atoms with van der Waals surface area (Å²) in [5.41, 5.74) is 7.67. The van der Waals surface area contributed by atoms with Crippen LogP contribution in [0.25, 0.3) is 11.3 Å². The third kappa shape index (κ3) is 2.89. The van der Waals surface area contributed by atoms with Gasteiger partial charge in [0.1, 0.15) is 0 Å². The van der Waals surface area contributed by atoms with E-state index in [4.69, 9.17) is 0 Å². The summed E-state index contributed by atoms with van der Waals surface area (Å²) in [5.74, 6) is 0. The van der Waals surface area contributed by atoms with Gasteiger partial charge in [-0.05, 0) is 81.6 Å². The van der Waals surface area contributed by atoms with Crippen molar-refractivity contribution in [2.75, 3.05) is 19.6 Å². The molecule has 1 aromatic carbocycles. The molecule has 22 heavy (non-hydrogen) atoms. The molecule has 1 aromatic heterocycles. The number of aromatic nitrogens is 1. The Morgan fingerprint density at radius 2 is 1.82 bits per heavy atom. The van der Waals surface area contributed by atoms with E-state index in [0.29, 0.717) is 0 Å². The van der Waals surface area contributed by atoms with Gasteiger partial charge in [0.15, 0.2) is 0 Å². The van der Waals surface area contributed by atoms with Gasteiger partial charge in [-0.2, -0.15) is 0 Å². The fourth-order valence-corrected chi connectivity index (χ4v) is 3.58. The van der Waals surface area contributed by atoms with Crippen molar-refractivity contribution in [2.24, 2.45) is 0 Å². The lowest BCUT2D eigenvalue weighted by Gasteiger charge is -2.17. The molecule has 2 aromatic rings. The van der Waals surface area contributed by atoms with E-state index in [1.165, 1.54) is 59.7 Å². The highest BCUT2D eigenvalue weighted by atomic mass is 15.1. The predicted octanol–water partition coefficient (Wildman–Crippen LogP) is 4.51. The molecule has 2 heterocycles. The third-order valence-electron chi connectivity index (χ3n) is 4.69. The molecule has 0 saturated carbocycles. The molecule has 1 saturated heterocycles. The first-order valence-corrected chi connectivity index (χ1v) is 8.23. The molecule has 0 aliphatic carbocycles. The van der Waals surface area contributed by atoms with Crippen molar-refractivity contribution in [1.29, 1.82) is 0 Å². The number of nitrogens with zero attached hydrogens (tertiary/aromatic N) is 2. The smallest absolute Gasteiger partial charge is 0.0457 e. The Labute approximate surface area is 134 Å². The van der Waals surface area contributed by atoms with Crippen LogP contribution in [0.15, 0.2) is 36.9 Å². The highest BCUT2D eigenvalue weighted by Gasteiger charge is 2.17. The minimum absolute atomic E-state index is 0.998. The topological polar surface area (TPSA) is 8.17 Å². The van der Waals surface area contributed by atoms with Crippen molar-refractivity contribution in [3.05, 3.63) is 59.4 Å². The molecule has 0 unspecified atom stereocenters. The van der Waals surface area contributed by atoms with Crippen LogP contribution in [-0.2, 0) is 0 Å². The Morgan fingerprint density at radius 1 is 1.09 bits per heavy atom. The van der Waals surface area contributed by atoms with Crippen LogP contribution < -0.4 is 0 Å². The molecule has 0 spiro atoms. The number of likely N-dealkylation sites (tertiary alicyclic amines) is 1. The lowest BCUT2D eigenvalue weighted by molar-refractivity contribution is 0.383. The number of rotatable bonds is 4. The van der Waals surface area contributed by atoms with Crippen LogP contribution in [0.5, 0.6) is 0 Å². The van der Waals surface area contributed by atoms with Gasteiger partial charge in [0, 0.05) is 23.6 Å². The van der Waals surface area contributed by atoms with Gasteiger partial charge >= 0.3 is 0 Å². The molecule has 1 fully saturated rings. The van der Waals surface area contributed by atoms with Crippen molar-refractivity contribution in [1.82, 2.24) is 9.47 Å². The Bertz CT molecular complexity index is 688. The molecule has 1 aliphatic rings. The fraction of sp³-hybridized carbons (Fsp3) is 0.400. The van der Waals surface area contributed by atoms with Crippen molar-refractivity contribution < 1.29 is 0 Å². The summed E-state index contributed by atoms with van der Waals surface area (Å²) in [7, 11) is 0. The second-order valence-corrected chi connectivity index (χ2v) is 6.55. The monoisotopic (exact) mass is 294 g/mol. The third-order valence-corrected chi connectivity index (χ3v) is 4.69. The zero-order valence-electron chi connectivity index (χ0n) is 14.0. The number of aryl methyl sites for hydroxylation is 2. The van der Waals surface area contributed by atoms with Crippen LogP contribution in [0.3, 0.4) is 0 Å². The minimum atomic E-state index is 0.998. The Hall–Kier alpha value is -1.80. The lowest BCUT2D eigenvalue weighted by Crippen LogP contribution is -2.21. The molecule has 2 nitrogen and oxygen atoms in total. The Kier molecular flexibility index (Phi) is 4.21. The SMILES string of the molecule is C=C(CN1CCCC1)c1cc(C)n(-c2cccc(C)c2)c1C. The summed E-state index contributed by atoms with van der Waals surface area (Å²) in [6.45, 7) is 14.3. The molecule has 0 N–H and O–H groups in total. The van der Waals surface area contributed by atoms with Crippen LogP contribution in [0.4, 0.5) is 0 Å². The maximum Gasteiger partial charge on any atom is 0.0457 e. The van der Waals surface area contributed by atoms with E-state index in [2.05, 4.69) is 67.1 Å². The molecular weight excluding hydrogens is 268 g/mol. The second kappa shape index (κ2) is 6.13. The largest absolute Gasteiger partial charge is 0.318 e. The van der Waals surface area contributed by atoms with Crippen molar-refractivity contribution in [2.45, 2.75) is 33.6 Å². The summed E-state index contributed by atoms with van der Waals surface area (Å²) in [6, 6.07) is 11.0. The Morgan fingerprint density at radius 3 is 2.50 bits per heavy atom. The highest BCUT2D eigenvalue weighted by molar-refractivity contribution is 5.68. The summed E-state index contributed by atoms with van der Waals surface area (Å²) in [6.07, 6.45) is 2.66. The van der Waals surface area contributed by atoms with Crippen LogP contribution in [-0.4, -0.2) is 29.1 Å². The second-order valence-electron chi connectivity index (χ2n) is 6.55. The Balaban J connectivity index is 1.91. The molecule has 1 aliphatic heterocycles. The van der Waals surface area contributed by atoms with Crippen LogP contribution in [0, 0.1) is 20.8 Å². The summed E-state index contributed by atoms with van der Waals surface area (Å²) < 4.78 is 2.34. The fourth-order valence-electron chi connectivity index (χ4n) is 3.58. The quantitative estimate of drug-likeness (QED) is 0.805. The molecule has 3 rings (SSSR count). The molecule has 0 amide bonds. The molecule has 2 heteroatoms. The standard InChI is InChI=1S/C20H26N2/c1-15-8-7-9-19(12-15)22-17(3)13-20(18(22)4)16(2)14-21-10-5-6-11-21/h7-9,12-13H,2,5-6,10-11,14H2,1,3-4H3. The molecular formula is C20H26N2. The van der Waals surface area contributed by atoms with Crippen LogP contribution in [0.1, 0.15) is 35.4 Å². The van der Waals surface area contributed by atoms with Gasteiger partial charge in [-0.1, -0.05) is 18.7 Å². The van der Waals surface area contributed by atoms with Gasteiger partial charge in [-0.3, -0.25) is 4.90 Å². The first kappa shape index (κ1) is 15.1. The van der Waals surface area contributed by atoms with E-state index in [9.17, 15) is 0 Å². The van der Waals surface area contributed by atoms with Crippen molar-refractivity contribution in [3.63, 3.8) is 0 Å². The van der Waals surface area contributed by atoms with E-state index < -0.39 is 0 Å². The predicted molar refractivity (Wildman–Crippen MR) is 94.7 cm³/mol. The van der Waals surface area contributed by atoms with E-state index in [-0.39, 0.29) is 0 Å². The highest BCUT2D eigenvalue weighted by Crippen LogP contribution is 2.27. The summed E-state index contributed by atoms with van der Waals surface area (Å²) >= 11 is 0. The van der Waals surface area contributed by atoms with Gasteiger partial charge in [0.2, 0.25) is 0 Å². The summed E-state index contributed by atoms with van der Waals surface area (Å²) in [5, 5.41) is 0. The number of hydrogen-bond donors (Lipinski definition) is 0. The van der Waals surface area contributed by atoms with Gasteiger partial charge < -0.3 is 4.57 Å². The van der Waals surface area contributed by atoms with Crippen molar-refractivity contribution >= 4 is 5.57 Å². The van der Waals surface area contributed by atoms with E-state index in [1.54, 1.807) is 0 Å². The minimum Gasteiger partial charge on any atom is -0.318 e. The number of hydrogen-bond acceptors (Lipinski definition) is 1. The van der Waals surface area contributed by atoms with Gasteiger partial charge in [0.25, 0.3) is 0 Å². The lowest BCUT2D eigenvalue weighted by atomic mass is 10.1. The van der Waals surface area contributed by atoms with Gasteiger partial charge in [-0.25, -0.2) is 0 Å². The average molecular weight is 294 g/mol. The average Bonchev–Trinajstić information content (AvgIpc) is 3.07. The maximum absolute atomic E-state index is 4.36. The first-order valence-electron chi connectivity index (χ1n) is 8.23. The molecule has 116 valence electrons. The maximum atomic E-state index is 4.36. The van der Waals surface area contributed by atoms with Crippen molar-refractivity contribution in [3.8, 4) is 5.69 Å². The molecule has 0 radical (unpaired) electrons. The molecule has 0 atom stereocenters.